The first-order valence-corrected chi connectivity index (χ1v) is 5.66. The van der Waals surface area contributed by atoms with Gasteiger partial charge in [-0.3, -0.25) is 0 Å². The van der Waals surface area contributed by atoms with Gasteiger partial charge >= 0.3 is 6.16 Å². The molecule has 0 aliphatic carbocycles. The second-order valence-electron chi connectivity index (χ2n) is 4.16. The molecular formula is C11H20O5. The molecule has 0 spiro atoms. The van der Waals surface area contributed by atoms with E-state index in [0.717, 1.165) is 6.42 Å². The lowest BCUT2D eigenvalue weighted by Gasteiger charge is -2.24. The molecule has 0 aromatic carbocycles. The topological polar surface area (TPSA) is 54.0 Å². The van der Waals surface area contributed by atoms with Crippen LogP contribution in [-0.2, 0) is 18.9 Å². The molecule has 5 nitrogen and oxygen atoms in total. The molecule has 1 atom stereocenters. The summed E-state index contributed by atoms with van der Waals surface area (Å²) in [6.45, 7) is 6.99. The van der Waals surface area contributed by atoms with Crippen molar-refractivity contribution in [2.24, 2.45) is 5.92 Å². The third-order valence-electron chi connectivity index (χ3n) is 2.43. The zero-order chi connectivity index (χ0) is 12.0. The molecule has 0 amide bonds. The van der Waals surface area contributed by atoms with Gasteiger partial charge in [0, 0.05) is 0 Å². The Bertz CT molecular complexity index is 210. The Kier molecular flexibility index (Phi) is 5.55. The number of ether oxygens (including phenoxy) is 4. The van der Waals surface area contributed by atoms with Gasteiger partial charge in [0.2, 0.25) is 0 Å². The minimum Gasteiger partial charge on any atom is -0.431 e. The number of hydrogen-bond acceptors (Lipinski definition) is 5. The number of carbonyl (C=O) groups excluding carboxylic acids is 1. The molecule has 1 saturated heterocycles. The van der Waals surface area contributed by atoms with Crippen molar-refractivity contribution in [3.8, 4) is 0 Å². The molecule has 1 fully saturated rings. The van der Waals surface area contributed by atoms with Crippen LogP contribution < -0.4 is 0 Å². The van der Waals surface area contributed by atoms with Crippen molar-refractivity contribution in [2.75, 3.05) is 20.0 Å². The van der Waals surface area contributed by atoms with Crippen molar-refractivity contribution >= 4 is 6.16 Å². The highest BCUT2D eigenvalue weighted by Gasteiger charge is 2.22. The van der Waals surface area contributed by atoms with Gasteiger partial charge in [-0.2, -0.15) is 0 Å². The maximum absolute atomic E-state index is 11.4. The first kappa shape index (κ1) is 13.3. The summed E-state index contributed by atoms with van der Waals surface area (Å²) in [5, 5.41) is 0. The highest BCUT2D eigenvalue weighted by molar-refractivity contribution is 5.60. The summed E-state index contributed by atoms with van der Waals surface area (Å²) in [7, 11) is 0. The van der Waals surface area contributed by atoms with Crippen LogP contribution in [0.5, 0.6) is 0 Å². The van der Waals surface area contributed by atoms with Gasteiger partial charge in [-0.05, 0) is 12.3 Å². The zero-order valence-corrected chi connectivity index (χ0v) is 10.1. The van der Waals surface area contributed by atoms with Crippen molar-refractivity contribution in [3.05, 3.63) is 0 Å². The summed E-state index contributed by atoms with van der Waals surface area (Å²) in [5.74, 6) is 0.288. The molecule has 0 aromatic heterocycles. The SMILES string of the molecule is CCC(OC(=O)OC1COCOC1)C(C)C. The van der Waals surface area contributed by atoms with E-state index in [2.05, 4.69) is 0 Å². The molecule has 0 bridgehead atoms. The van der Waals surface area contributed by atoms with E-state index in [4.69, 9.17) is 18.9 Å². The van der Waals surface area contributed by atoms with Crippen molar-refractivity contribution < 1.29 is 23.7 Å². The number of carbonyl (C=O) groups is 1. The Morgan fingerprint density at radius 3 is 2.50 bits per heavy atom. The Morgan fingerprint density at radius 2 is 2.00 bits per heavy atom. The first-order chi connectivity index (χ1) is 7.63. The van der Waals surface area contributed by atoms with Crippen LogP contribution in [0.4, 0.5) is 4.79 Å². The van der Waals surface area contributed by atoms with Crippen molar-refractivity contribution in [2.45, 2.75) is 39.4 Å². The number of hydrogen-bond donors (Lipinski definition) is 0. The summed E-state index contributed by atoms with van der Waals surface area (Å²) >= 11 is 0. The smallest absolute Gasteiger partial charge is 0.431 e. The molecule has 1 aliphatic rings. The normalized spacial score (nSPS) is 19.5. The monoisotopic (exact) mass is 232 g/mol. The molecule has 0 aromatic rings. The zero-order valence-electron chi connectivity index (χ0n) is 10.1. The molecule has 16 heavy (non-hydrogen) atoms. The van der Waals surface area contributed by atoms with E-state index in [1.807, 2.05) is 20.8 Å². The molecule has 0 radical (unpaired) electrons. The van der Waals surface area contributed by atoms with E-state index in [-0.39, 0.29) is 24.9 Å². The Hall–Kier alpha value is -0.810. The molecule has 94 valence electrons. The van der Waals surface area contributed by atoms with Gasteiger partial charge in [0.15, 0.2) is 6.10 Å². The summed E-state index contributed by atoms with van der Waals surface area (Å²) < 4.78 is 20.3. The van der Waals surface area contributed by atoms with Crippen LogP contribution in [0.2, 0.25) is 0 Å². The first-order valence-electron chi connectivity index (χ1n) is 5.66. The fraction of sp³-hybridized carbons (Fsp3) is 0.909. The average molecular weight is 232 g/mol. The Morgan fingerprint density at radius 1 is 1.38 bits per heavy atom. The van der Waals surface area contributed by atoms with Crippen LogP contribution in [-0.4, -0.2) is 38.4 Å². The summed E-state index contributed by atoms with van der Waals surface area (Å²) in [6, 6.07) is 0. The van der Waals surface area contributed by atoms with Crippen LogP contribution in [0.15, 0.2) is 0 Å². The molecule has 1 heterocycles. The quantitative estimate of drug-likeness (QED) is 0.693. The van der Waals surface area contributed by atoms with E-state index >= 15 is 0 Å². The van der Waals surface area contributed by atoms with E-state index in [9.17, 15) is 4.79 Å². The van der Waals surface area contributed by atoms with Crippen LogP contribution >= 0.6 is 0 Å². The van der Waals surface area contributed by atoms with Gasteiger partial charge in [0.1, 0.15) is 12.9 Å². The highest BCUT2D eigenvalue weighted by Crippen LogP contribution is 2.12. The fourth-order valence-electron chi connectivity index (χ4n) is 1.51. The summed E-state index contributed by atoms with van der Waals surface area (Å²) in [4.78, 5) is 11.4. The highest BCUT2D eigenvalue weighted by atomic mass is 16.8. The summed E-state index contributed by atoms with van der Waals surface area (Å²) in [5.41, 5.74) is 0. The predicted octanol–water partition coefficient (Wildman–Crippen LogP) is 1.95. The Labute approximate surface area is 96.0 Å². The third-order valence-corrected chi connectivity index (χ3v) is 2.43. The molecule has 0 N–H and O–H groups in total. The van der Waals surface area contributed by atoms with Gasteiger partial charge in [-0.25, -0.2) is 4.79 Å². The average Bonchev–Trinajstić information content (AvgIpc) is 2.27. The molecular weight excluding hydrogens is 212 g/mol. The van der Waals surface area contributed by atoms with Crippen LogP contribution in [0.25, 0.3) is 0 Å². The van der Waals surface area contributed by atoms with Gasteiger partial charge in [-0.15, -0.1) is 0 Å². The molecule has 1 rings (SSSR count). The maximum Gasteiger partial charge on any atom is 0.508 e. The molecule has 1 unspecified atom stereocenters. The van der Waals surface area contributed by atoms with E-state index in [0.29, 0.717) is 13.2 Å². The lowest BCUT2D eigenvalue weighted by Crippen LogP contribution is -2.35. The minimum atomic E-state index is -0.639. The van der Waals surface area contributed by atoms with E-state index in [1.54, 1.807) is 0 Å². The van der Waals surface area contributed by atoms with Crippen LogP contribution in [0.3, 0.4) is 0 Å². The van der Waals surface area contributed by atoms with Crippen LogP contribution in [0.1, 0.15) is 27.2 Å². The van der Waals surface area contributed by atoms with Gasteiger partial charge in [-0.1, -0.05) is 20.8 Å². The lowest BCUT2D eigenvalue weighted by atomic mass is 10.1. The standard InChI is InChI=1S/C11H20O5/c1-4-10(8(2)3)16-11(12)15-9-5-13-7-14-6-9/h8-10H,4-7H2,1-3H3. The Balaban J connectivity index is 2.28. The van der Waals surface area contributed by atoms with Gasteiger partial charge in [0.05, 0.1) is 13.2 Å². The predicted molar refractivity (Wildman–Crippen MR) is 57.0 cm³/mol. The van der Waals surface area contributed by atoms with Gasteiger partial charge in [0.25, 0.3) is 0 Å². The van der Waals surface area contributed by atoms with Crippen molar-refractivity contribution in [3.63, 3.8) is 0 Å². The van der Waals surface area contributed by atoms with Crippen molar-refractivity contribution in [1.29, 1.82) is 0 Å². The molecule has 1 aliphatic heterocycles. The molecule has 0 saturated carbocycles. The molecule has 5 heteroatoms. The van der Waals surface area contributed by atoms with E-state index in [1.165, 1.54) is 0 Å². The maximum atomic E-state index is 11.4. The fourth-order valence-corrected chi connectivity index (χ4v) is 1.51. The largest absolute Gasteiger partial charge is 0.508 e. The number of rotatable bonds is 4. The second-order valence-corrected chi connectivity index (χ2v) is 4.16. The van der Waals surface area contributed by atoms with Gasteiger partial charge < -0.3 is 18.9 Å². The minimum absolute atomic E-state index is 0.0991. The van der Waals surface area contributed by atoms with Crippen molar-refractivity contribution in [1.82, 2.24) is 0 Å². The second kappa shape index (κ2) is 6.70. The van der Waals surface area contributed by atoms with E-state index < -0.39 is 6.16 Å². The van der Waals surface area contributed by atoms with Crippen LogP contribution in [0, 0.1) is 5.92 Å². The lowest BCUT2D eigenvalue weighted by molar-refractivity contribution is -0.160. The summed E-state index contributed by atoms with van der Waals surface area (Å²) in [6.07, 6.45) is -0.312. The third kappa shape index (κ3) is 4.37.